The van der Waals surface area contributed by atoms with E-state index in [0.717, 1.165) is 43.6 Å². The number of carbonyl (C=O) groups excluding carboxylic acids is 1. The van der Waals surface area contributed by atoms with Gasteiger partial charge < -0.3 is 10.4 Å². The fourth-order valence-corrected chi connectivity index (χ4v) is 3.08. The van der Waals surface area contributed by atoms with E-state index in [-0.39, 0.29) is 12.3 Å². The van der Waals surface area contributed by atoms with E-state index in [2.05, 4.69) is 23.4 Å². The molecule has 1 amide bonds. The molecule has 1 atom stereocenters. The molecule has 1 aliphatic carbocycles. The SMILES string of the molecule is Cc1cc(C)n(CC(C)CNC(=O)CC2(O)CCCC2)n1. The molecule has 1 fully saturated rings. The molecular formula is C16H27N3O2. The summed E-state index contributed by atoms with van der Waals surface area (Å²) < 4.78 is 1.98. The molecule has 1 saturated carbocycles. The van der Waals surface area contributed by atoms with Crippen molar-refractivity contribution >= 4 is 5.91 Å². The number of rotatable bonds is 6. The third-order valence-corrected chi connectivity index (χ3v) is 4.26. The Hall–Kier alpha value is -1.36. The molecular weight excluding hydrogens is 266 g/mol. The fraction of sp³-hybridized carbons (Fsp3) is 0.750. The first-order chi connectivity index (χ1) is 9.88. The molecule has 5 heteroatoms. The van der Waals surface area contributed by atoms with E-state index in [9.17, 15) is 9.90 Å². The van der Waals surface area contributed by atoms with Crippen molar-refractivity contribution in [3.63, 3.8) is 0 Å². The molecule has 0 radical (unpaired) electrons. The van der Waals surface area contributed by atoms with Crippen LogP contribution in [0.4, 0.5) is 0 Å². The summed E-state index contributed by atoms with van der Waals surface area (Å²) in [6.45, 7) is 7.54. The molecule has 0 saturated heterocycles. The number of nitrogens with zero attached hydrogens (tertiary/aromatic N) is 2. The van der Waals surface area contributed by atoms with Crippen LogP contribution in [0.1, 0.15) is 50.4 Å². The average Bonchev–Trinajstić information content (AvgIpc) is 2.94. The van der Waals surface area contributed by atoms with Gasteiger partial charge in [-0.15, -0.1) is 0 Å². The van der Waals surface area contributed by atoms with Gasteiger partial charge in [0.1, 0.15) is 0 Å². The van der Waals surface area contributed by atoms with Crippen molar-refractivity contribution in [1.82, 2.24) is 15.1 Å². The lowest BCUT2D eigenvalue weighted by molar-refractivity contribution is -0.126. The molecule has 1 unspecified atom stereocenters. The van der Waals surface area contributed by atoms with Crippen molar-refractivity contribution in [3.05, 3.63) is 17.5 Å². The van der Waals surface area contributed by atoms with Crippen molar-refractivity contribution in [1.29, 1.82) is 0 Å². The maximum atomic E-state index is 11.9. The smallest absolute Gasteiger partial charge is 0.222 e. The number of hydrogen-bond donors (Lipinski definition) is 2. The van der Waals surface area contributed by atoms with Gasteiger partial charge in [0.25, 0.3) is 0 Å². The van der Waals surface area contributed by atoms with Gasteiger partial charge in [-0.3, -0.25) is 9.48 Å². The van der Waals surface area contributed by atoms with Crippen LogP contribution in [-0.2, 0) is 11.3 Å². The standard InChI is InChI=1S/C16H27N3O2/c1-12(11-19-14(3)8-13(2)18-19)10-17-15(20)9-16(21)6-4-5-7-16/h8,12,21H,4-7,9-11H2,1-3H3,(H,17,20). The van der Waals surface area contributed by atoms with E-state index < -0.39 is 5.60 Å². The Kier molecular flexibility index (Phi) is 5.04. The van der Waals surface area contributed by atoms with Crippen LogP contribution in [0.25, 0.3) is 0 Å². The second kappa shape index (κ2) is 6.60. The van der Waals surface area contributed by atoms with Crippen LogP contribution in [0.3, 0.4) is 0 Å². The summed E-state index contributed by atoms with van der Waals surface area (Å²) in [4.78, 5) is 11.9. The van der Waals surface area contributed by atoms with Crippen molar-refractivity contribution in [2.45, 2.75) is 65.0 Å². The van der Waals surface area contributed by atoms with Gasteiger partial charge in [0.2, 0.25) is 5.91 Å². The van der Waals surface area contributed by atoms with Gasteiger partial charge in [0.15, 0.2) is 0 Å². The normalized spacial score (nSPS) is 18.7. The molecule has 5 nitrogen and oxygen atoms in total. The number of aryl methyl sites for hydroxylation is 2. The predicted octanol–water partition coefficient (Wildman–Crippen LogP) is 1.95. The van der Waals surface area contributed by atoms with Gasteiger partial charge in [-0.2, -0.15) is 5.10 Å². The Labute approximate surface area is 126 Å². The van der Waals surface area contributed by atoms with Gasteiger partial charge in [0.05, 0.1) is 17.7 Å². The van der Waals surface area contributed by atoms with Gasteiger partial charge in [-0.05, 0) is 38.7 Å². The summed E-state index contributed by atoms with van der Waals surface area (Å²) in [5.41, 5.74) is 1.40. The van der Waals surface area contributed by atoms with Crippen LogP contribution < -0.4 is 5.32 Å². The molecule has 2 rings (SSSR count). The number of amides is 1. The minimum Gasteiger partial charge on any atom is -0.389 e. The van der Waals surface area contributed by atoms with Crippen LogP contribution >= 0.6 is 0 Å². The molecule has 1 aromatic rings. The molecule has 0 aliphatic heterocycles. The maximum Gasteiger partial charge on any atom is 0.222 e. The van der Waals surface area contributed by atoms with E-state index in [1.165, 1.54) is 0 Å². The van der Waals surface area contributed by atoms with Crippen molar-refractivity contribution in [3.8, 4) is 0 Å². The highest BCUT2D eigenvalue weighted by molar-refractivity contribution is 5.77. The highest BCUT2D eigenvalue weighted by Gasteiger charge is 2.33. The highest BCUT2D eigenvalue weighted by atomic mass is 16.3. The molecule has 1 heterocycles. The zero-order chi connectivity index (χ0) is 15.5. The molecule has 1 aromatic heterocycles. The first-order valence-electron chi connectivity index (χ1n) is 7.88. The Morgan fingerprint density at radius 1 is 1.48 bits per heavy atom. The molecule has 2 N–H and O–H groups in total. The van der Waals surface area contributed by atoms with Crippen LogP contribution in [0, 0.1) is 19.8 Å². The molecule has 1 aliphatic rings. The van der Waals surface area contributed by atoms with E-state index in [1.54, 1.807) is 0 Å². The van der Waals surface area contributed by atoms with Gasteiger partial charge in [-0.1, -0.05) is 19.8 Å². The topological polar surface area (TPSA) is 67.2 Å². The monoisotopic (exact) mass is 293 g/mol. The highest BCUT2D eigenvalue weighted by Crippen LogP contribution is 2.32. The van der Waals surface area contributed by atoms with E-state index >= 15 is 0 Å². The lowest BCUT2D eigenvalue weighted by Crippen LogP contribution is -2.37. The van der Waals surface area contributed by atoms with E-state index in [0.29, 0.717) is 12.5 Å². The predicted molar refractivity (Wildman–Crippen MR) is 81.9 cm³/mol. The number of aliphatic hydroxyl groups is 1. The second-order valence-electron chi connectivity index (χ2n) is 6.63. The van der Waals surface area contributed by atoms with E-state index in [1.807, 2.05) is 18.5 Å². The van der Waals surface area contributed by atoms with Gasteiger partial charge in [0, 0.05) is 18.8 Å². The molecule has 0 spiro atoms. The lowest BCUT2D eigenvalue weighted by Gasteiger charge is -2.22. The third kappa shape index (κ3) is 4.56. The fourth-order valence-electron chi connectivity index (χ4n) is 3.08. The zero-order valence-electron chi connectivity index (χ0n) is 13.4. The molecule has 0 aromatic carbocycles. The number of nitrogens with one attached hydrogen (secondary N) is 1. The Bertz CT molecular complexity index is 490. The van der Waals surface area contributed by atoms with Gasteiger partial charge >= 0.3 is 0 Å². The summed E-state index contributed by atoms with van der Waals surface area (Å²) in [6.07, 6.45) is 3.79. The molecule has 0 bridgehead atoms. The minimum absolute atomic E-state index is 0.0420. The Morgan fingerprint density at radius 3 is 2.71 bits per heavy atom. The molecule has 118 valence electrons. The van der Waals surface area contributed by atoms with E-state index in [4.69, 9.17) is 0 Å². The average molecular weight is 293 g/mol. The summed E-state index contributed by atoms with van der Waals surface area (Å²) in [5.74, 6) is 0.268. The first-order valence-corrected chi connectivity index (χ1v) is 7.88. The first kappa shape index (κ1) is 16.0. The maximum absolute atomic E-state index is 11.9. The quantitative estimate of drug-likeness (QED) is 0.842. The summed E-state index contributed by atoms with van der Waals surface area (Å²) >= 11 is 0. The summed E-state index contributed by atoms with van der Waals surface area (Å²) in [7, 11) is 0. The number of aromatic nitrogens is 2. The van der Waals surface area contributed by atoms with Crippen molar-refractivity contribution in [2.24, 2.45) is 5.92 Å². The van der Waals surface area contributed by atoms with Crippen LogP contribution in [0.5, 0.6) is 0 Å². The Balaban J connectivity index is 1.74. The minimum atomic E-state index is -0.761. The van der Waals surface area contributed by atoms with Crippen LogP contribution in [0.15, 0.2) is 6.07 Å². The third-order valence-electron chi connectivity index (χ3n) is 4.26. The van der Waals surface area contributed by atoms with Crippen molar-refractivity contribution < 1.29 is 9.90 Å². The van der Waals surface area contributed by atoms with Crippen LogP contribution in [0.2, 0.25) is 0 Å². The largest absolute Gasteiger partial charge is 0.389 e. The summed E-state index contributed by atoms with van der Waals surface area (Å²) in [6, 6.07) is 2.06. The summed E-state index contributed by atoms with van der Waals surface area (Å²) in [5, 5.41) is 17.6. The van der Waals surface area contributed by atoms with Crippen LogP contribution in [-0.4, -0.2) is 32.9 Å². The molecule has 21 heavy (non-hydrogen) atoms. The second-order valence-corrected chi connectivity index (χ2v) is 6.63. The lowest BCUT2D eigenvalue weighted by atomic mass is 9.97. The zero-order valence-corrected chi connectivity index (χ0v) is 13.4. The van der Waals surface area contributed by atoms with Gasteiger partial charge in [-0.25, -0.2) is 0 Å². The number of hydrogen-bond acceptors (Lipinski definition) is 3. The number of carbonyl (C=O) groups is 1. The Morgan fingerprint density at radius 2 is 2.14 bits per heavy atom. The van der Waals surface area contributed by atoms with Crippen molar-refractivity contribution in [2.75, 3.05) is 6.54 Å².